The van der Waals surface area contributed by atoms with Crippen LogP contribution < -0.4 is 15.6 Å². The zero-order chi connectivity index (χ0) is 20.8. The Labute approximate surface area is 172 Å². The minimum absolute atomic E-state index is 0.0857. The monoisotopic (exact) mass is 404 g/mol. The van der Waals surface area contributed by atoms with Crippen LogP contribution in [0.25, 0.3) is 11.0 Å². The van der Waals surface area contributed by atoms with Crippen molar-refractivity contribution in [1.82, 2.24) is 20.4 Å². The van der Waals surface area contributed by atoms with Crippen LogP contribution in [0.3, 0.4) is 0 Å². The molecule has 0 saturated heterocycles. The summed E-state index contributed by atoms with van der Waals surface area (Å²) in [4.78, 5) is 28.5. The van der Waals surface area contributed by atoms with Crippen molar-refractivity contribution in [3.8, 4) is 5.75 Å². The lowest BCUT2D eigenvalue weighted by Gasteiger charge is -2.07. The molecule has 0 radical (unpaired) electrons. The first kappa shape index (κ1) is 19.3. The highest BCUT2D eigenvalue weighted by atomic mass is 16.5. The molecular formula is C22H20N4O4. The van der Waals surface area contributed by atoms with Gasteiger partial charge < -0.3 is 13.7 Å². The van der Waals surface area contributed by atoms with Crippen molar-refractivity contribution in [3.05, 3.63) is 84.6 Å². The Morgan fingerprint density at radius 1 is 0.967 bits per heavy atom. The maximum atomic E-state index is 12.2. The second-order valence-corrected chi connectivity index (χ2v) is 6.55. The number of hydrogen-bond donors (Lipinski definition) is 2. The van der Waals surface area contributed by atoms with Gasteiger partial charge in [0.25, 0.3) is 0 Å². The van der Waals surface area contributed by atoms with Gasteiger partial charge in [-0.05, 0) is 36.4 Å². The summed E-state index contributed by atoms with van der Waals surface area (Å²) in [5.74, 6) is 0.436. The van der Waals surface area contributed by atoms with Crippen LogP contribution in [-0.4, -0.2) is 21.4 Å². The van der Waals surface area contributed by atoms with Gasteiger partial charge in [-0.3, -0.25) is 20.4 Å². The smallest absolute Gasteiger partial charge is 0.305 e. The third-order valence-corrected chi connectivity index (χ3v) is 4.43. The van der Waals surface area contributed by atoms with Crippen LogP contribution in [0.5, 0.6) is 5.75 Å². The van der Waals surface area contributed by atoms with Crippen LogP contribution >= 0.6 is 0 Å². The van der Waals surface area contributed by atoms with Gasteiger partial charge in [0.05, 0.1) is 17.4 Å². The van der Waals surface area contributed by atoms with Crippen LogP contribution in [0.2, 0.25) is 0 Å². The van der Waals surface area contributed by atoms with Crippen LogP contribution in [0.4, 0.5) is 0 Å². The predicted molar refractivity (Wildman–Crippen MR) is 109 cm³/mol. The van der Waals surface area contributed by atoms with Crippen molar-refractivity contribution in [2.24, 2.45) is 0 Å². The van der Waals surface area contributed by atoms with Crippen molar-refractivity contribution in [2.45, 2.75) is 19.6 Å². The van der Waals surface area contributed by atoms with Gasteiger partial charge in [-0.25, -0.2) is 4.98 Å². The van der Waals surface area contributed by atoms with Gasteiger partial charge in [-0.2, -0.15) is 0 Å². The fourth-order valence-corrected chi connectivity index (χ4v) is 2.91. The van der Waals surface area contributed by atoms with Crippen molar-refractivity contribution in [1.29, 1.82) is 0 Å². The van der Waals surface area contributed by atoms with Gasteiger partial charge in [0.2, 0.25) is 5.91 Å². The molecule has 2 N–H and O–H groups in total. The zero-order valence-electron chi connectivity index (χ0n) is 16.1. The summed E-state index contributed by atoms with van der Waals surface area (Å²) >= 11 is 0. The topological polar surface area (TPSA) is 98.4 Å². The number of nitrogens with one attached hydrogen (secondary N) is 2. The maximum absolute atomic E-state index is 12.2. The molecule has 0 unspecified atom stereocenters. The predicted octanol–water partition coefficient (Wildman–Crippen LogP) is 3.06. The number of rotatable bonds is 7. The Hall–Kier alpha value is -4.07. The van der Waals surface area contributed by atoms with Gasteiger partial charge in [0.1, 0.15) is 18.1 Å². The third kappa shape index (κ3) is 4.67. The van der Waals surface area contributed by atoms with E-state index in [0.29, 0.717) is 18.1 Å². The number of para-hydroxylation sites is 3. The molecular weight excluding hydrogens is 384 g/mol. The number of furan rings is 1. The zero-order valence-corrected chi connectivity index (χ0v) is 16.1. The van der Waals surface area contributed by atoms with E-state index in [2.05, 4.69) is 15.8 Å². The highest BCUT2D eigenvalue weighted by Crippen LogP contribution is 2.14. The number of carbonyl (C=O) groups excluding carboxylic acids is 2. The number of hydrazine groups is 1. The molecule has 2 aromatic carbocycles. The van der Waals surface area contributed by atoms with Gasteiger partial charge in [0.15, 0.2) is 5.76 Å². The summed E-state index contributed by atoms with van der Waals surface area (Å²) in [6.45, 7) is 0.645. The molecule has 0 atom stereocenters. The summed E-state index contributed by atoms with van der Waals surface area (Å²) < 4.78 is 12.9. The number of aryl methyl sites for hydroxylation is 1. The number of carbonyl (C=O) groups is 2. The van der Waals surface area contributed by atoms with Crippen molar-refractivity contribution in [3.63, 3.8) is 0 Å². The van der Waals surface area contributed by atoms with Crippen LogP contribution in [0.1, 0.15) is 22.7 Å². The van der Waals surface area contributed by atoms with E-state index in [4.69, 9.17) is 9.15 Å². The molecule has 2 heterocycles. The number of fused-ring (bicyclic) bond motifs is 1. The van der Waals surface area contributed by atoms with E-state index in [1.54, 1.807) is 12.4 Å². The van der Waals surface area contributed by atoms with Crippen LogP contribution in [0, 0.1) is 0 Å². The number of aromatic nitrogens is 2. The van der Waals surface area contributed by atoms with Gasteiger partial charge in [0, 0.05) is 13.0 Å². The van der Waals surface area contributed by atoms with Gasteiger partial charge >= 0.3 is 5.91 Å². The molecule has 0 saturated carbocycles. The van der Waals surface area contributed by atoms with Gasteiger partial charge in [-0.1, -0.05) is 30.3 Å². The SMILES string of the molecule is O=C(CCn1cnc2ccccc21)NNC(=O)c1ccc(COc2ccccc2)o1. The van der Waals surface area contributed by atoms with Crippen LogP contribution in [-0.2, 0) is 17.9 Å². The highest BCUT2D eigenvalue weighted by Gasteiger charge is 2.13. The van der Waals surface area contributed by atoms with Crippen LogP contribution in [0.15, 0.2) is 77.5 Å². The lowest BCUT2D eigenvalue weighted by molar-refractivity contribution is -0.122. The quantitative estimate of drug-likeness (QED) is 0.461. The van der Waals surface area contributed by atoms with Crippen molar-refractivity contribution in [2.75, 3.05) is 0 Å². The fraction of sp³-hybridized carbons (Fsp3) is 0.136. The Morgan fingerprint density at radius 2 is 1.77 bits per heavy atom. The van der Waals surface area contributed by atoms with E-state index in [1.807, 2.05) is 59.2 Å². The molecule has 152 valence electrons. The second-order valence-electron chi connectivity index (χ2n) is 6.55. The third-order valence-electron chi connectivity index (χ3n) is 4.43. The van der Waals surface area contributed by atoms with Crippen molar-refractivity contribution < 1.29 is 18.7 Å². The first-order valence-corrected chi connectivity index (χ1v) is 9.44. The number of imidazole rings is 1. The standard InChI is InChI=1S/C22H20N4O4/c27-21(12-13-26-15-23-18-8-4-5-9-19(18)26)24-25-22(28)20-11-10-17(30-20)14-29-16-6-2-1-3-7-16/h1-11,15H,12-14H2,(H,24,27)(H,25,28). The first-order valence-electron chi connectivity index (χ1n) is 9.44. The summed E-state index contributed by atoms with van der Waals surface area (Å²) in [7, 11) is 0. The van der Waals surface area contributed by atoms with Crippen molar-refractivity contribution >= 4 is 22.8 Å². The molecule has 2 amide bonds. The molecule has 0 aliphatic rings. The number of amides is 2. The average molecular weight is 404 g/mol. The molecule has 8 nitrogen and oxygen atoms in total. The van der Waals surface area contributed by atoms with E-state index in [0.717, 1.165) is 11.0 Å². The Balaban J connectivity index is 1.23. The van der Waals surface area contributed by atoms with E-state index in [-0.39, 0.29) is 24.7 Å². The highest BCUT2D eigenvalue weighted by molar-refractivity contribution is 5.93. The largest absolute Gasteiger partial charge is 0.486 e. The molecule has 0 bridgehead atoms. The fourth-order valence-electron chi connectivity index (χ4n) is 2.91. The number of hydrogen-bond acceptors (Lipinski definition) is 5. The molecule has 8 heteroatoms. The summed E-state index contributed by atoms with van der Waals surface area (Å²) in [6.07, 6.45) is 1.88. The molecule has 2 aromatic heterocycles. The van der Waals surface area contributed by atoms with E-state index in [9.17, 15) is 9.59 Å². The van der Waals surface area contributed by atoms with E-state index < -0.39 is 5.91 Å². The number of benzene rings is 2. The summed E-state index contributed by atoms with van der Waals surface area (Å²) in [6, 6.07) is 20.2. The average Bonchev–Trinajstić information content (AvgIpc) is 3.42. The normalized spacial score (nSPS) is 10.7. The molecule has 0 aliphatic heterocycles. The molecule has 4 rings (SSSR count). The van der Waals surface area contributed by atoms with E-state index in [1.165, 1.54) is 6.07 Å². The number of nitrogens with zero attached hydrogens (tertiary/aromatic N) is 2. The summed E-state index contributed by atoms with van der Waals surface area (Å²) in [5, 5.41) is 0. The molecule has 0 fully saturated rings. The van der Waals surface area contributed by atoms with Gasteiger partial charge in [-0.15, -0.1) is 0 Å². The lowest BCUT2D eigenvalue weighted by Crippen LogP contribution is -2.41. The Bertz CT molecular complexity index is 1150. The summed E-state index contributed by atoms with van der Waals surface area (Å²) in [5.41, 5.74) is 6.58. The Morgan fingerprint density at radius 3 is 2.63 bits per heavy atom. The minimum Gasteiger partial charge on any atom is -0.486 e. The van der Waals surface area contributed by atoms with E-state index >= 15 is 0 Å². The Kier molecular flexibility index (Phi) is 5.75. The molecule has 4 aromatic rings. The maximum Gasteiger partial charge on any atom is 0.305 e. The molecule has 0 spiro atoms. The second kappa shape index (κ2) is 8.95. The molecule has 30 heavy (non-hydrogen) atoms. The molecule has 0 aliphatic carbocycles. The number of ether oxygens (including phenoxy) is 1. The minimum atomic E-state index is -0.539. The first-order chi connectivity index (χ1) is 14.7. The lowest BCUT2D eigenvalue weighted by atomic mass is 10.3.